The van der Waals surface area contributed by atoms with Gasteiger partial charge in [0.1, 0.15) is 7.11 Å². The Hall–Kier alpha value is -0.970. The van der Waals surface area contributed by atoms with Crippen LogP contribution in [-0.2, 0) is 4.84 Å². The zero-order valence-electron chi connectivity index (χ0n) is 5.55. The highest BCUT2D eigenvalue weighted by Crippen LogP contribution is 1.72. The van der Waals surface area contributed by atoms with E-state index >= 15 is 0 Å². The summed E-state index contributed by atoms with van der Waals surface area (Å²) in [7, 11) is 1.51. The molecular formula is C7H10NO. The van der Waals surface area contributed by atoms with Gasteiger partial charge < -0.3 is 4.84 Å². The van der Waals surface area contributed by atoms with Crippen molar-refractivity contribution in [2.75, 3.05) is 7.11 Å². The third kappa shape index (κ3) is 7.03. The van der Waals surface area contributed by atoms with Gasteiger partial charge in [0, 0.05) is 12.8 Å². The maximum atomic E-state index is 4.41. The summed E-state index contributed by atoms with van der Waals surface area (Å²) in [6.07, 6.45) is 2.91. The van der Waals surface area contributed by atoms with Crippen molar-refractivity contribution in [2.45, 2.75) is 12.8 Å². The topological polar surface area (TPSA) is 21.6 Å². The Balaban J connectivity index is 3.18. The van der Waals surface area contributed by atoms with Gasteiger partial charge >= 0.3 is 0 Å². The molecule has 0 aromatic rings. The first kappa shape index (κ1) is 8.03. The molecule has 0 aromatic heterocycles. The van der Waals surface area contributed by atoms with E-state index in [4.69, 9.17) is 0 Å². The largest absolute Gasteiger partial charge is 0.399 e. The maximum Gasteiger partial charge on any atom is 0.106 e. The van der Waals surface area contributed by atoms with Crippen molar-refractivity contribution in [1.29, 1.82) is 0 Å². The van der Waals surface area contributed by atoms with Crippen LogP contribution in [0.5, 0.6) is 0 Å². The highest BCUT2D eigenvalue weighted by molar-refractivity contribution is 5.60. The molecule has 0 spiro atoms. The Morgan fingerprint density at radius 2 is 2.44 bits per heavy atom. The molecule has 9 heavy (non-hydrogen) atoms. The van der Waals surface area contributed by atoms with Gasteiger partial charge in [0.25, 0.3) is 0 Å². The summed E-state index contributed by atoms with van der Waals surface area (Å²) in [6, 6.07) is 0. The molecule has 0 aliphatic heterocycles. The van der Waals surface area contributed by atoms with Gasteiger partial charge in [-0.3, -0.25) is 0 Å². The maximum absolute atomic E-state index is 4.41. The molecule has 0 heterocycles. The molecule has 0 amide bonds. The first-order chi connectivity index (χ1) is 4.41. The second kappa shape index (κ2) is 7.03. The van der Waals surface area contributed by atoms with Crippen molar-refractivity contribution in [1.82, 2.24) is 0 Å². The predicted octanol–water partition coefficient (Wildman–Crippen LogP) is 1.24. The summed E-state index contributed by atoms with van der Waals surface area (Å²) in [4.78, 5) is 4.41. The van der Waals surface area contributed by atoms with Crippen LogP contribution < -0.4 is 0 Å². The van der Waals surface area contributed by atoms with Crippen LogP contribution in [0.25, 0.3) is 0 Å². The smallest absolute Gasteiger partial charge is 0.106 e. The third-order valence-corrected chi connectivity index (χ3v) is 0.623. The van der Waals surface area contributed by atoms with Gasteiger partial charge in [0.2, 0.25) is 0 Å². The quantitative estimate of drug-likeness (QED) is 0.308. The van der Waals surface area contributed by atoms with Crippen LogP contribution in [-0.4, -0.2) is 13.3 Å². The van der Waals surface area contributed by atoms with Gasteiger partial charge in [0.15, 0.2) is 0 Å². The van der Waals surface area contributed by atoms with E-state index in [1.807, 2.05) is 0 Å². The normalized spacial score (nSPS) is 8.67. The van der Waals surface area contributed by atoms with Crippen LogP contribution in [0, 0.1) is 18.8 Å². The van der Waals surface area contributed by atoms with Crippen LogP contribution >= 0.6 is 0 Å². The molecule has 2 nitrogen and oxygen atoms in total. The fraction of sp³-hybridized carbons (Fsp3) is 0.429. The molecule has 0 N–H and O–H groups in total. The van der Waals surface area contributed by atoms with Crippen molar-refractivity contribution >= 4 is 6.21 Å². The second-order valence-corrected chi connectivity index (χ2v) is 1.28. The molecule has 2 heteroatoms. The van der Waals surface area contributed by atoms with E-state index in [1.165, 1.54) is 7.11 Å². The van der Waals surface area contributed by atoms with Crippen molar-refractivity contribution in [3.05, 3.63) is 6.92 Å². The molecule has 49 valence electrons. The summed E-state index contributed by atoms with van der Waals surface area (Å²) in [5.41, 5.74) is 0. The Kier molecular flexibility index (Phi) is 6.27. The Bertz CT molecular complexity index is 130. The monoisotopic (exact) mass is 124 g/mol. The lowest BCUT2D eigenvalue weighted by Gasteiger charge is -1.79. The van der Waals surface area contributed by atoms with E-state index in [0.717, 1.165) is 0 Å². The standard InChI is InChI=1S/C7H10NO/c1-3-4-5-6-7-8-9-2/h7H,1,3,6H2,2H3. The number of hydrogen-bond donors (Lipinski definition) is 0. The fourth-order valence-corrected chi connectivity index (χ4v) is 0.318. The van der Waals surface area contributed by atoms with Gasteiger partial charge in [-0.15, -0.1) is 5.92 Å². The minimum Gasteiger partial charge on any atom is -0.399 e. The Morgan fingerprint density at radius 3 is 3.00 bits per heavy atom. The molecule has 0 rings (SSSR count). The molecule has 0 saturated carbocycles. The zero-order chi connectivity index (χ0) is 6.95. The van der Waals surface area contributed by atoms with Crippen molar-refractivity contribution < 1.29 is 4.84 Å². The van der Waals surface area contributed by atoms with Crippen LogP contribution in [0.2, 0.25) is 0 Å². The van der Waals surface area contributed by atoms with Crippen molar-refractivity contribution in [3.8, 4) is 11.8 Å². The number of nitrogens with zero attached hydrogens (tertiary/aromatic N) is 1. The lowest BCUT2D eigenvalue weighted by atomic mass is 10.4. The first-order valence-corrected chi connectivity index (χ1v) is 2.71. The molecule has 0 aromatic carbocycles. The van der Waals surface area contributed by atoms with Crippen molar-refractivity contribution in [2.24, 2.45) is 5.16 Å². The number of rotatable bonds is 2. The summed E-state index contributed by atoms with van der Waals surface area (Å²) in [5, 5.41) is 3.50. The second-order valence-electron chi connectivity index (χ2n) is 1.28. The molecule has 0 fully saturated rings. The van der Waals surface area contributed by atoms with Gasteiger partial charge in [-0.1, -0.05) is 11.1 Å². The lowest BCUT2D eigenvalue weighted by molar-refractivity contribution is 0.215. The van der Waals surface area contributed by atoms with E-state index < -0.39 is 0 Å². The molecule has 1 radical (unpaired) electrons. The van der Waals surface area contributed by atoms with Crippen LogP contribution in [0.4, 0.5) is 0 Å². The van der Waals surface area contributed by atoms with E-state index in [2.05, 4.69) is 28.8 Å². The van der Waals surface area contributed by atoms with E-state index in [9.17, 15) is 0 Å². The number of oxime groups is 1. The average molecular weight is 124 g/mol. The SMILES string of the molecule is [CH2]CC#CCC=NOC. The molecular weight excluding hydrogens is 114 g/mol. The third-order valence-electron chi connectivity index (χ3n) is 0.623. The predicted molar refractivity (Wildman–Crippen MR) is 37.9 cm³/mol. The lowest BCUT2D eigenvalue weighted by Crippen LogP contribution is -1.72. The van der Waals surface area contributed by atoms with Crippen LogP contribution in [0.15, 0.2) is 5.16 Å². The highest BCUT2D eigenvalue weighted by Gasteiger charge is 1.67. The zero-order valence-corrected chi connectivity index (χ0v) is 5.55. The number of hydrogen-bond acceptors (Lipinski definition) is 2. The summed E-state index contributed by atoms with van der Waals surface area (Å²) in [5.74, 6) is 5.63. The van der Waals surface area contributed by atoms with E-state index in [1.54, 1.807) is 6.21 Å². The molecule has 0 saturated heterocycles. The molecule has 0 unspecified atom stereocenters. The van der Waals surface area contributed by atoms with E-state index in [0.29, 0.717) is 12.8 Å². The Labute approximate surface area is 55.9 Å². The molecule has 0 bridgehead atoms. The summed E-state index contributed by atoms with van der Waals surface area (Å²) in [6.45, 7) is 3.55. The minimum atomic E-state index is 0.642. The molecule has 0 aliphatic rings. The van der Waals surface area contributed by atoms with Gasteiger partial charge in [0.05, 0.1) is 6.21 Å². The molecule has 0 atom stereocenters. The van der Waals surface area contributed by atoms with Crippen LogP contribution in [0.3, 0.4) is 0 Å². The van der Waals surface area contributed by atoms with Gasteiger partial charge in [-0.25, -0.2) is 0 Å². The molecule has 0 aliphatic carbocycles. The Morgan fingerprint density at radius 1 is 1.67 bits per heavy atom. The summed E-state index contributed by atoms with van der Waals surface area (Å²) < 4.78 is 0. The van der Waals surface area contributed by atoms with Crippen molar-refractivity contribution in [3.63, 3.8) is 0 Å². The average Bonchev–Trinajstić information content (AvgIpc) is 1.89. The minimum absolute atomic E-state index is 0.642. The van der Waals surface area contributed by atoms with Gasteiger partial charge in [-0.2, -0.15) is 0 Å². The fourth-order valence-electron chi connectivity index (χ4n) is 0.318. The van der Waals surface area contributed by atoms with E-state index in [-0.39, 0.29) is 0 Å². The van der Waals surface area contributed by atoms with Gasteiger partial charge in [-0.05, 0) is 6.92 Å². The first-order valence-electron chi connectivity index (χ1n) is 2.71. The summed E-state index contributed by atoms with van der Waals surface area (Å²) >= 11 is 0. The van der Waals surface area contributed by atoms with Crippen LogP contribution in [0.1, 0.15) is 12.8 Å². The highest BCUT2D eigenvalue weighted by atomic mass is 16.6.